The zero-order valence-corrected chi connectivity index (χ0v) is 51.8. The molecule has 0 aromatic heterocycles. The predicted octanol–water partition coefficient (Wildman–Crippen LogP) is -0.935. The van der Waals surface area contributed by atoms with E-state index in [1.54, 1.807) is 0 Å². The van der Waals surface area contributed by atoms with Gasteiger partial charge in [-0.15, -0.1) is 0 Å². The zero-order valence-electron chi connectivity index (χ0n) is 43.2. The number of quaternary nitrogens is 4. The van der Waals surface area contributed by atoms with Gasteiger partial charge in [-0.25, -0.2) is 0 Å². The second-order valence-electron chi connectivity index (χ2n) is 19.9. The minimum atomic E-state index is 0. The van der Waals surface area contributed by atoms with Gasteiger partial charge in [-0.2, -0.15) is 0 Å². The SMILES string of the molecule is CC[N+](C)(C)CCCCOc1cc(/C=C/c2ccc(/C=C/c3cc(OCCCC[N+](C)(C)CC)cc(OCCCC[N+](C)(C)CC)c3)cc2)cc(OCCCC[N+](C)(C)CC)c1.[I-].[I-].[I-].[I-]. The maximum Gasteiger partial charge on any atom is 0.123 e. The Kier molecular flexibility index (Phi) is 35.9. The first-order valence-corrected chi connectivity index (χ1v) is 24.0. The maximum absolute atomic E-state index is 6.31. The molecule has 0 unspecified atom stereocenters. The molecule has 66 heavy (non-hydrogen) atoms. The van der Waals surface area contributed by atoms with Crippen LogP contribution in [0.1, 0.15) is 101 Å². The van der Waals surface area contributed by atoms with E-state index >= 15 is 0 Å². The van der Waals surface area contributed by atoms with Gasteiger partial charge in [0.15, 0.2) is 0 Å². The van der Waals surface area contributed by atoms with Gasteiger partial charge in [0.2, 0.25) is 0 Å². The lowest BCUT2D eigenvalue weighted by Gasteiger charge is -2.28. The molecule has 3 aromatic carbocycles. The van der Waals surface area contributed by atoms with Crippen LogP contribution < -0.4 is 115 Å². The average molecular weight is 1370 g/mol. The maximum atomic E-state index is 6.31. The van der Waals surface area contributed by atoms with Crippen LogP contribution in [-0.4, -0.2) is 153 Å². The van der Waals surface area contributed by atoms with Crippen LogP contribution in [0.3, 0.4) is 0 Å². The third kappa shape index (κ3) is 29.3. The summed E-state index contributed by atoms with van der Waals surface area (Å²) in [6.07, 6.45) is 17.4. The Morgan fingerprint density at radius 1 is 0.318 bits per heavy atom. The van der Waals surface area contributed by atoms with Crippen LogP contribution in [0.4, 0.5) is 0 Å². The molecule has 0 atom stereocenters. The Bertz CT molecular complexity index is 1570. The Morgan fingerprint density at radius 3 is 0.742 bits per heavy atom. The van der Waals surface area contributed by atoms with Gasteiger partial charge in [0.25, 0.3) is 0 Å². The van der Waals surface area contributed by atoms with Crippen molar-refractivity contribution in [1.29, 1.82) is 0 Å². The summed E-state index contributed by atoms with van der Waals surface area (Å²) in [6.45, 7) is 21.0. The second-order valence-corrected chi connectivity index (χ2v) is 19.9. The van der Waals surface area contributed by atoms with Gasteiger partial charge in [-0.1, -0.05) is 48.6 Å². The molecule has 0 saturated heterocycles. The van der Waals surface area contributed by atoms with E-state index in [0.29, 0.717) is 26.4 Å². The van der Waals surface area contributed by atoms with Crippen molar-refractivity contribution in [2.75, 3.05) is 135 Å². The lowest BCUT2D eigenvalue weighted by Crippen LogP contribution is -3.00. The molecule has 0 bridgehead atoms. The highest BCUT2D eigenvalue weighted by molar-refractivity contribution is 5.74. The highest BCUT2D eigenvalue weighted by Crippen LogP contribution is 2.27. The summed E-state index contributed by atoms with van der Waals surface area (Å²) in [5, 5.41) is 0. The lowest BCUT2D eigenvalue weighted by atomic mass is 10.1. The number of nitrogens with zero attached hydrogens (tertiary/aromatic N) is 4. The minimum absolute atomic E-state index is 0. The van der Waals surface area contributed by atoms with Crippen LogP contribution in [0.15, 0.2) is 60.7 Å². The predicted molar refractivity (Wildman–Crippen MR) is 266 cm³/mol. The molecule has 0 N–H and O–H groups in total. The molecule has 0 radical (unpaired) electrons. The fourth-order valence-electron chi connectivity index (χ4n) is 6.78. The molecule has 0 spiro atoms. The molecular weight excluding hydrogens is 1280 g/mol. The molecule has 8 nitrogen and oxygen atoms in total. The van der Waals surface area contributed by atoms with Crippen molar-refractivity contribution in [3.8, 4) is 23.0 Å². The summed E-state index contributed by atoms with van der Waals surface area (Å²) in [5.74, 6) is 3.46. The van der Waals surface area contributed by atoms with Crippen LogP contribution in [0.2, 0.25) is 0 Å². The summed E-state index contributed by atoms with van der Waals surface area (Å²) >= 11 is 0. The smallest absolute Gasteiger partial charge is 0.123 e. The molecule has 378 valence electrons. The standard InChI is InChI=1S/C54H90N4O4.4HI/c1-13-55(5,6)33-17-21-37-59-51-41-49(42-52(45-51)60-38-22-18-34-56(7,8)14-2)31-29-47-25-27-48(28-26-47)30-32-50-43-53(61-39-23-19-35-57(9,10)15-3)46-54(44-50)62-40-24-20-36-58(11,12)16-4;;;;/h25-32,41-46H,13-24,33-40H2,1-12H3;4*1H/q+4;;;;/p-4/b31-29+,32-30+;;;;. The first-order valence-electron chi connectivity index (χ1n) is 24.0. The minimum Gasteiger partial charge on any atom is -1.00 e. The summed E-state index contributed by atoms with van der Waals surface area (Å²) in [6, 6.07) is 21.3. The van der Waals surface area contributed by atoms with Crippen LogP contribution >= 0.6 is 0 Å². The van der Waals surface area contributed by atoms with Crippen molar-refractivity contribution >= 4 is 24.3 Å². The highest BCUT2D eigenvalue weighted by atomic mass is 127. The van der Waals surface area contributed by atoms with E-state index in [4.69, 9.17) is 18.9 Å². The number of rotatable bonds is 32. The van der Waals surface area contributed by atoms with Gasteiger partial charge in [-0.3, -0.25) is 0 Å². The quantitative estimate of drug-likeness (QED) is 0.0351. The average Bonchev–Trinajstić information content (AvgIpc) is 3.24. The Labute approximate surface area is 472 Å². The first-order chi connectivity index (χ1) is 29.5. The fourth-order valence-corrected chi connectivity index (χ4v) is 6.78. The third-order valence-electron chi connectivity index (χ3n) is 12.8. The van der Waals surface area contributed by atoms with Gasteiger partial charge < -0.3 is 133 Å². The van der Waals surface area contributed by atoms with E-state index in [2.05, 4.69) is 169 Å². The molecule has 0 fully saturated rings. The number of hydrogen-bond acceptors (Lipinski definition) is 4. The van der Waals surface area contributed by atoms with Crippen molar-refractivity contribution in [2.24, 2.45) is 0 Å². The lowest BCUT2D eigenvalue weighted by molar-refractivity contribution is -0.888. The molecule has 0 aliphatic rings. The largest absolute Gasteiger partial charge is 1.00 e. The van der Waals surface area contributed by atoms with Crippen molar-refractivity contribution in [2.45, 2.75) is 79.1 Å². The van der Waals surface area contributed by atoms with Crippen LogP contribution in [0, 0.1) is 0 Å². The second kappa shape index (κ2) is 35.2. The van der Waals surface area contributed by atoms with E-state index in [1.807, 2.05) is 0 Å². The molecule has 0 saturated carbocycles. The molecular formula is C54H90I4N4O4. The van der Waals surface area contributed by atoms with E-state index < -0.39 is 0 Å². The van der Waals surface area contributed by atoms with E-state index in [-0.39, 0.29) is 95.9 Å². The molecule has 3 rings (SSSR count). The fraction of sp³-hybridized carbons (Fsp3) is 0.593. The molecule has 3 aromatic rings. The van der Waals surface area contributed by atoms with Gasteiger partial charge in [-0.05, 0) is 126 Å². The molecule has 0 aliphatic heterocycles. The van der Waals surface area contributed by atoms with Crippen LogP contribution in [-0.2, 0) is 0 Å². The number of hydrogen-bond donors (Lipinski definition) is 0. The van der Waals surface area contributed by atoms with Crippen molar-refractivity contribution in [1.82, 2.24) is 0 Å². The van der Waals surface area contributed by atoms with E-state index in [1.165, 1.54) is 0 Å². The van der Waals surface area contributed by atoms with Crippen LogP contribution in [0.5, 0.6) is 23.0 Å². The van der Waals surface area contributed by atoms with Crippen LogP contribution in [0.25, 0.3) is 24.3 Å². The topological polar surface area (TPSA) is 36.9 Å². The van der Waals surface area contributed by atoms with Gasteiger partial charge >= 0.3 is 0 Å². The van der Waals surface area contributed by atoms with E-state index in [9.17, 15) is 0 Å². The first kappa shape index (κ1) is 67.2. The number of unbranched alkanes of at least 4 members (excludes halogenated alkanes) is 4. The molecule has 0 aliphatic carbocycles. The van der Waals surface area contributed by atoms with Crippen molar-refractivity contribution < 1.29 is 133 Å². The normalized spacial score (nSPS) is 11.9. The molecule has 0 heterocycles. The number of ether oxygens (including phenoxy) is 4. The number of halogens is 4. The van der Waals surface area contributed by atoms with Crippen molar-refractivity contribution in [3.63, 3.8) is 0 Å². The summed E-state index contributed by atoms with van der Waals surface area (Å²) < 4.78 is 29.4. The van der Waals surface area contributed by atoms with E-state index in [0.717, 1.165) is 167 Å². The monoisotopic (exact) mass is 1370 g/mol. The number of benzene rings is 3. The van der Waals surface area contributed by atoms with Gasteiger partial charge in [0.05, 0.1) is 135 Å². The Balaban J connectivity index is 0. The zero-order chi connectivity index (χ0) is 45.5. The van der Waals surface area contributed by atoms with Gasteiger partial charge in [0.1, 0.15) is 23.0 Å². The molecule has 0 amide bonds. The highest BCUT2D eigenvalue weighted by Gasteiger charge is 2.14. The summed E-state index contributed by atoms with van der Waals surface area (Å²) in [4.78, 5) is 0. The Morgan fingerprint density at radius 2 is 0.530 bits per heavy atom. The molecule has 12 heteroatoms. The Hall–Kier alpha value is -0.900. The van der Waals surface area contributed by atoms with Gasteiger partial charge in [0, 0.05) is 12.1 Å². The summed E-state index contributed by atoms with van der Waals surface area (Å²) in [7, 11) is 18.4. The third-order valence-corrected chi connectivity index (χ3v) is 12.8. The van der Waals surface area contributed by atoms with Crippen molar-refractivity contribution in [3.05, 3.63) is 82.9 Å². The summed E-state index contributed by atoms with van der Waals surface area (Å²) in [5.41, 5.74) is 4.42.